The van der Waals surface area contributed by atoms with E-state index >= 15 is 0 Å². The number of hydrogen-bond acceptors (Lipinski definition) is 3. The fourth-order valence-electron chi connectivity index (χ4n) is 2.39. The third-order valence-electron chi connectivity index (χ3n) is 3.77. The lowest BCUT2D eigenvalue weighted by atomic mass is 10.0. The van der Waals surface area contributed by atoms with Gasteiger partial charge in [-0.3, -0.25) is 9.78 Å². The smallest absolute Gasteiger partial charge is 0.159 e. The van der Waals surface area contributed by atoms with Gasteiger partial charge in [0.1, 0.15) is 5.75 Å². The van der Waals surface area contributed by atoms with E-state index in [-0.39, 0.29) is 5.78 Å². The predicted molar refractivity (Wildman–Crippen MR) is 91.7 cm³/mol. The predicted octanol–water partition coefficient (Wildman–Crippen LogP) is 4.63. The second-order valence-electron chi connectivity index (χ2n) is 5.29. The molecule has 2 aromatic carbocycles. The van der Waals surface area contributed by atoms with Gasteiger partial charge < -0.3 is 4.74 Å². The highest BCUT2D eigenvalue weighted by Crippen LogP contribution is 2.24. The van der Waals surface area contributed by atoms with Crippen molar-refractivity contribution in [2.45, 2.75) is 6.92 Å². The topological polar surface area (TPSA) is 39.2 Å². The molecule has 3 rings (SSSR count). The van der Waals surface area contributed by atoms with Crippen molar-refractivity contribution in [2.24, 2.45) is 0 Å². The van der Waals surface area contributed by atoms with Gasteiger partial charge in [0.2, 0.25) is 0 Å². The molecule has 0 N–H and O–H groups in total. The summed E-state index contributed by atoms with van der Waals surface area (Å²) in [6.45, 7) is 1.57. The van der Waals surface area contributed by atoms with Crippen molar-refractivity contribution < 1.29 is 9.53 Å². The van der Waals surface area contributed by atoms with Crippen LogP contribution < -0.4 is 4.74 Å². The van der Waals surface area contributed by atoms with Gasteiger partial charge >= 0.3 is 0 Å². The van der Waals surface area contributed by atoms with Crippen LogP contribution in [0.4, 0.5) is 0 Å². The first-order chi connectivity index (χ1) is 11.2. The van der Waals surface area contributed by atoms with Gasteiger partial charge in [-0.1, -0.05) is 30.3 Å². The zero-order valence-corrected chi connectivity index (χ0v) is 13.1. The first kappa shape index (κ1) is 15.0. The van der Waals surface area contributed by atoms with Crippen LogP contribution in [-0.2, 0) is 0 Å². The number of methoxy groups -OCH3 is 1. The summed E-state index contributed by atoms with van der Waals surface area (Å²) in [5.41, 5.74) is 4.75. The highest BCUT2D eigenvalue weighted by Gasteiger charge is 2.04. The molecule has 1 heterocycles. The number of ether oxygens (including phenoxy) is 1. The monoisotopic (exact) mass is 303 g/mol. The molecule has 0 aliphatic rings. The van der Waals surface area contributed by atoms with Crippen LogP contribution in [0.15, 0.2) is 66.9 Å². The van der Waals surface area contributed by atoms with Crippen molar-refractivity contribution in [1.82, 2.24) is 4.98 Å². The summed E-state index contributed by atoms with van der Waals surface area (Å²) in [4.78, 5) is 15.8. The van der Waals surface area contributed by atoms with Gasteiger partial charge in [-0.15, -0.1) is 0 Å². The van der Waals surface area contributed by atoms with E-state index < -0.39 is 0 Å². The molecule has 0 saturated heterocycles. The number of pyridine rings is 1. The molecule has 0 amide bonds. The summed E-state index contributed by atoms with van der Waals surface area (Å²) < 4.78 is 5.16. The quantitative estimate of drug-likeness (QED) is 0.660. The number of carbonyl (C=O) groups is 1. The fourth-order valence-corrected chi connectivity index (χ4v) is 2.39. The molecule has 0 aliphatic heterocycles. The largest absolute Gasteiger partial charge is 0.497 e. The van der Waals surface area contributed by atoms with Crippen LogP contribution in [0.5, 0.6) is 5.75 Å². The Morgan fingerprint density at radius 1 is 0.826 bits per heavy atom. The molecule has 0 spiro atoms. The molecule has 0 atom stereocenters. The van der Waals surface area contributed by atoms with Crippen molar-refractivity contribution in [1.29, 1.82) is 0 Å². The molecule has 0 fully saturated rings. The summed E-state index contributed by atoms with van der Waals surface area (Å²) in [7, 11) is 1.65. The van der Waals surface area contributed by atoms with E-state index in [9.17, 15) is 4.79 Å². The number of benzene rings is 2. The first-order valence-electron chi connectivity index (χ1n) is 7.39. The lowest BCUT2D eigenvalue weighted by molar-refractivity contribution is 0.101. The Labute approximate surface area is 135 Å². The van der Waals surface area contributed by atoms with Gasteiger partial charge in [0, 0.05) is 22.9 Å². The van der Waals surface area contributed by atoms with Gasteiger partial charge in [0.05, 0.1) is 12.8 Å². The molecule has 114 valence electrons. The van der Waals surface area contributed by atoms with Crippen molar-refractivity contribution in [3.05, 3.63) is 72.4 Å². The van der Waals surface area contributed by atoms with E-state index in [1.54, 1.807) is 14.0 Å². The average molecular weight is 303 g/mol. The summed E-state index contributed by atoms with van der Waals surface area (Å²) in [6, 6.07) is 19.4. The Hall–Kier alpha value is -2.94. The summed E-state index contributed by atoms with van der Waals surface area (Å²) in [5.74, 6) is 0.903. The molecule has 3 aromatic rings. The standard InChI is InChI=1S/C20H17NO2/c1-14(22)15-3-5-16(6-4-15)18-9-12-20(21-13-18)17-7-10-19(23-2)11-8-17/h3-13H,1-2H3. The number of nitrogens with zero attached hydrogens (tertiary/aromatic N) is 1. The molecule has 0 saturated carbocycles. The SMILES string of the molecule is COc1ccc(-c2ccc(-c3ccc(C(C)=O)cc3)cn2)cc1. The minimum Gasteiger partial charge on any atom is -0.497 e. The molecular weight excluding hydrogens is 286 g/mol. The minimum absolute atomic E-state index is 0.0736. The number of hydrogen-bond donors (Lipinski definition) is 0. The van der Waals surface area contributed by atoms with Crippen molar-refractivity contribution >= 4 is 5.78 Å². The molecule has 0 radical (unpaired) electrons. The summed E-state index contributed by atoms with van der Waals surface area (Å²) in [6.07, 6.45) is 1.85. The Kier molecular flexibility index (Phi) is 4.20. The molecular formula is C20H17NO2. The third-order valence-corrected chi connectivity index (χ3v) is 3.77. The number of Topliss-reactive ketones (excluding diaryl/α,β-unsaturated/α-hetero) is 1. The van der Waals surface area contributed by atoms with Gasteiger partial charge in [0.15, 0.2) is 5.78 Å². The van der Waals surface area contributed by atoms with Gasteiger partial charge in [-0.05, 0) is 42.8 Å². The zero-order valence-electron chi connectivity index (χ0n) is 13.1. The van der Waals surface area contributed by atoms with Crippen molar-refractivity contribution in [2.75, 3.05) is 7.11 Å². The van der Waals surface area contributed by atoms with Crippen LogP contribution in [0, 0.1) is 0 Å². The molecule has 3 nitrogen and oxygen atoms in total. The maximum atomic E-state index is 11.3. The Morgan fingerprint density at radius 2 is 1.43 bits per heavy atom. The van der Waals surface area contributed by atoms with Gasteiger partial charge in [-0.25, -0.2) is 0 Å². The maximum Gasteiger partial charge on any atom is 0.159 e. The van der Waals surface area contributed by atoms with E-state index in [0.29, 0.717) is 0 Å². The van der Waals surface area contributed by atoms with Crippen LogP contribution in [0.3, 0.4) is 0 Å². The van der Waals surface area contributed by atoms with E-state index in [1.807, 2.05) is 66.9 Å². The number of aromatic nitrogens is 1. The Balaban J connectivity index is 1.84. The lowest BCUT2D eigenvalue weighted by Crippen LogP contribution is -1.91. The van der Waals surface area contributed by atoms with Crippen molar-refractivity contribution in [3.63, 3.8) is 0 Å². The van der Waals surface area contributed by atoms with Gasteiger partial charge in [0.25, 0.3) is 0 Å². The Morgan fingerprint density at radius 3 is 1.96 bits per heavy atom. The molecule has 23 heavy (non-hydrogen) atoms. The van der Waals surface area contributed by atoms with Crippen LogP contribution in [0.1, 0.15) is 17.3 Å². The molecule has 0 aliphatic carbocycles. The summed E-state index contributed by atoms with van der Waals surface area (Å²) in [5, 5.41) is 0. The van der Waals surface area contributed by atoms with E-state index in [1.165, 1.54) is 0 Å². The van der Waals surface area contributed by atoms with Crippen LogP contribution in [0.2, 0.25) is 0 Å². The molecule has 0 bridgehead atoms. The first-order valence-corrected chi connectivity index (χ1v) is 7.39. The Bertz CT molecular complexity index is 804. The normalized spacial score (nSPS) is 10.3. The molecule has 1 aromatic heterocycles. The van der Waals surface area contributed by atoms with E-state index in [2.05, 4.69) is 4.98 Å². The zero-order chi connectivity index (χ0) is 16.2. The van der Waals surface area contributed by atoms with Crippen LogP contribution in [-0.4, -0.2) is 17.9 Å². The molecule has 3 heteroatoms. The van der Waals surface area contributed by atoms with Crippen LogP contribution in [0.25, 0.3) is 22.4 Å². The van der Waals surface area contributed by atoms with Crippen LogP contribution >= 0.6 is 0 Å². The lowest BCUT2D eigenvalue weighted by Gasteiger charge is -2.06. The minimum atomic E-state index is 0.0736. The highest BCUT2D eigenvalue weighted by atomic mass is 16.5. The number of rotatable bonds is 4. The average Bonchev–Trinajstić information content (AvgIpc) is 2.62. The summed E-state index contributed by atoms with van der Waals surface area (Å²) >= 11 is 0. The van der Waals surface area contributed by atoms with Gasteiger partial charge in [-0.2, -0.15) is 0 Å². The molecule has 0 unspecified atom stereocenters. The van der Waals surface area contributed by atoms with Crippen molar-refractivity contribution in [3.8, 4) is 28.1 Å². The number of ketones is 1. The second-order valence-corrected chi connectivity index (χ2v) is 5.29. The number of carbonyl (C=O) groups excluding carboxylic acids is 1. The third kappa shape index (κ3) is 3.29. The fraction of sp³-hybridized carbons (Fsp3) is 0.100. The highest BCUT2D eigenvalue weighted by molar-refractivity contribution is 5.94. The maximum absolute atomic E-state index is 11.3. The van der Waals surface area contributed by atoms with E-state index in [0.717, 1.165) is 33.7 Å². The second kappa shape index (κ2) is 6.44. The van der Waals surface area contributed by atoms with E-state index in [4.69, 9.17) is 4.74 Å².